The van der Waals surface area contributed by atoms with E-state index in [1.54, 1.807) is 31.4 Å². The largest absolute Gasteiger partial charge is 0.497 e. The molecular weight excluding hydrogens is 363 g/mol. The minimum Gasteiger partial charge on any atom is -0.497 e. The molecule has 1 saturated heterocycles. The SMILES string of the molecule is COc1ccc(N2CC(CNC(=O)c3c(F)cccc3Cl)OC2=O)cc1. The number of hydrogen-bond donors (Lipinski definition) is 1. The van der Waals surface area contributed by atoms with E-state index < -0.39 is 23.9 Å². The number of halogens is 2. The second-order valence-electron chi connectivity index (χ2n) is 5.62. The normalized spacial score (nSPS) is 16.3. The summed E-state index contributed by atoms with van der Waals surface area (Å²) in [4.78, 5) is 25.6. The summed E-state index contributed by atoms with van der Waals surface area (Å²) in [6.45, 7) is 0.304. The first-order valence-corrected chi connectivity index (χ1v) is 8.22. The fourth-order valence-corrected chi connectivity index (χ4v) is 2.86. The van der Waals surface area contributed by atoms with Crippen LogP contribution in [0.2, 0.25) is 5.02 Å². The van der Waals surface area contributed by atoms with Gasteiger partial charge in [0.25, 0.3) is 5.91 Å². The molecule has 1 aliphatic rings. The Morgan fingerprint density at radius 3 is 2.73 bits per heavy atom. The molecule has 0 aromatic heterocycles. The molecule has 8 heteroatoms. The van der Waals surface area contributed by atoms with Crippen LogP contribution in [-0.4, -0.2) is 38.3 Å². The van der Waals surface area contributed by atoms with Crippen molar-refractivity contribution in [3.63, 3.8) is 0 Å². The molecule has 2 aromatic rings. The van der Waals surface area contributed by atoms with Crippen LogP contribution in [0.15, 0.2) is 42.5 Å². The van der Waals surface area contributed by atoms with E-state index in [1.807, 2.05) is 0 Å². The summed E-state index contributed by atoms with van der Waals surface area (Å²) in [5.41, 5.74) is 0.423. The van der Waals surface area contributed by atoms with Crippen molar-refractivity contribution in [1.29, 1.82) is 0 Å². The van der Waals surface area contributed by atoms with Gasteiger partial charge >= 0.3 is 6.09 Å². The van der Waals surface area contributed by atoms with Crippen LogP contribution in [0.25, 0.3) is 0 Å². The Balaban J connectivity index is 1.61. The number of nitrogens with one attached hydrogen (secondary N) is 1. The lowest BCUT2D eigenvalue weighted by molar-refractivity contribution is 0.0912. The first-order chi connectivity index (χ1) is 12.5. The molecule has 136 valence electrons. The van der Waals surface area contributed by atoms with Gasteiger partial charge in [-0.25, -0.2) is 9.18 Å². The van der Waals surface area contributed by atoms with Gasteiger partial charge in [-0.1, -0.05) is 17.7 Å². The van der Waals surface area contributed by atoms with Gasteiger partial charge in [-0.05, 0) is 36.4 Å². The summed E-state index contributed by atoms with van der Waals surface area (Å²) < 4.78 is 24.1. The molecule has 1 fully saturated rings. The summed E-state index contributed by atoms with van der Waals surface area (Å²) in [5.74, 6) is -0.697. The number of amides is 2. The van der Waals surface area contributed by atoms with Crippen LogP contribution in [0.5, 0.6) is 5.75 Å². The van der Waals surface area contributed by atoms with E-state index in [4.69, 9.17) is 21.1 Å². The zero-order chi connectivity index (χ0) is 18.7. The third-order valence-corrected chi connectivity index (χ3v) is 4.25. The van der Waals surface area contributed by atoms with Crippen molar-refractivity contribution in [3.05, 3.63) is 58.9 Å². The smallest absolute Gasteiger partial charge is 0.414 e. The average molecular weight is 379 g/mol. The van der Waals surface area contributed by atoms with Crippen LogP contribution >= 0.6 is 11.6 Å². The third kappa shape index (κ3) is 3.72. The quantitative estimate of drug-likeness (QED) is 0.867. The molecule has 0 radical (unpaired) electrons. The predicted octanol–water partition coefficient (Wildman–Crippen LogP) is 3.24. The molecular formula is C18H16ClFN2O4. The predicted molar refractivity (Wildman–Crippen MR) is 94.4 cm³/mol. The van der Waals surface area contributed by atoms with Crippen LogP contribution in [0, 0.1) is 5.82 Å². The maximum Gasteiger partial charge on any atom is 0.414 e. The Kier molecular flexibility index (Phi) is 5.27. The highest BCUT2D eigenvalue weighted by Crippen LogP contribution is 2.24. The van der Waals surface area contributed by atoms with Crippen LogP contribution < -0.4 is 15.0 Å². The lowest BCUT2D eigenvalue weighted by atomic mass is 10.2. The molecule has 1 heterocycles. The van der Waals surface area contributed by atoms with Crippen molar-refractivity contribution >= 4 is 29.3 Å². The lowest BCUT2D eigenvalue weighted by Crippen LogP contribution is -2.35. The first-order valence-electron chi connectivity index (χ1n) is 7.84. The van der Waals surface area contributed by atoms with E-state index in [2.05, 4.69) is 5.32 Å². The van der Waals surface area contributed by atoms with Crippen molar-refractivity contribution in [3.8, 4) is 5.75 Å². The summed E-state index contributed by atoms with van der Waals surface area (Å²) in [6, 6.07) is 10.9. The van der Waals surface area contributed by atoms with Gasteiger partial charge in [-0.15, -0.1) is 0 Å². The summed E-state index contributed by atoms with van der Waals surface area (Å²) in [7, 11) is 1.56. The van der Waals surface area contributed by atoms with E-state index in [1.165, 1.54) is 17.0 Å². The zero-order valence-corrected chi connectivity index (χ0v) is 14.6. The fraction of sp³-hybridized carbons (Fsp3) is 0.222. The number of benzene rings is 2. The van der Waals surface area contributed by atoms with E-state index in [0.717, 1.165) is 6.07 Å². The third-order valence-electron chi connectivity index (χ3n) is 3.94. The number of hydrogen-bond acceptors (Lipinski definition) is 4. The van der Waals surface area contributed by atoms with Crippen molar-refractivity contribution in [2.75, 3.05) is 25.1 Å². The lowest BCUT2D eigenvalue weighted by Gasteiger charge is -2.13. The molecule has 1 atom stereocenters. The van der Waals surface area contributed by atoms with Gasteiger partial charge in [-0.3, -0.25) is 9.69 Å². The standard InChI is InChI=1S/C18H16ClFN2O4/c1-25-12-7-5-11(6-8-12)22-10-13(26-18(22)24)9-21-17(23)16-14(19)3-2-4-15(16)20/h2-8,13H,9-10H2,1H3,(H,21,23). The number of carbonyl (C=O) groups excluding carboxylic acids is 2. The summed E-state index contributed by atoms with van der Waals surface area (Å²) in [6.07, 6.45) is -1.07. The van der Waals surface area contributed by atoms with Gasteiger partial charge < -0.3 is 14.8 Å². The van der Waals surface area contributed by atoms with Crippen LogP contribution in [-0.2, 0) is 4.74 Å². The monoisotopic (exact) mass is 378 g/mol. The van der Waals surface area contributed by atoms with Crippen molar-refractivity contribution in [2.24, 2.45) is 0 Å². The topological polar surface area (TPSA) is 67.9 Å². The van der Waals surface area contributed by atoms with Crippen molar-refractivity contribution < 1.29 is 23.5 Å². The van der Waals surface area contributed by atoms with Crippen molar-refractivity contribution in [2.45, 2.75) is 6.10 Å². The molecule has 0 saturated carbocycles. The van der Waals surface area contributed by atoms with E-state index >= 15 is 0 Å². The molecule has 3 rings (SSSR count). The molecule has 2 amide bonds. The maximum atomic E-state index is 13.8. The fourth-order valence-electron chi connectivity index (χ4n) is 2.61. The average Bonchev–Trinajstić information content (AvgIpc) is 3.00. The molecule has 0 spiro atoms. The molecule has 1 unspecified atom stereocenters. The van der Waals surface area contributed by atoms with E-state index in [9.17, 15) is 14.0 Å². The second kappa shape index (κ2) is 7.61. The highest BCUT2D eigenvalue weighted by molar-refractivity contribution is 6.33. The Hall–Kier alpha value is -2.80. The minimum absolute atomic E-state index is 0.0192. The molecule has 6 nitrogen and oxygen atoms in total. The van der Waals surface area contributed by atoms with Gasteiger partial charge in [-0.2, -0.15) is 0 Å². The summed E-state index contributed by atoms with van der Waals surface area (Å²) in [5, 5.41) is 2.57. The number of anilines is 1. The maximum absolute atomic E-state index is 13.8. The van der Waals surface area contributed by atoms with Gasteiger partial charge in [0.2, 0.25) is 0 Å². The molecule has 1 N–H and O–H groups in total. The van der Waals surface area contributed by atoms with Gasteiger partial charge in [0, 0.05) is 5.69 Å². The summed E-state index contributed by atoms with van der Waals surface area (Å²) >= 11 is 5.87. The second-order valence-corrected chi connectivity index (χ2v) is 6.03. The molecule has 0 aliphatic carbocycles. The zero-order valence-electron chi connectivity index (χ0n) is 13.9. The Bertz CT molecular complexity index is 808. The van der Waals surface area contributed by atoms with Crippen molar-refractivity contribution in [1.82, 2.24) is 5.32 Å². The van der Waals surface area contributed by atoms with Gasteiger partial charge in [0.15, 0.2) is 0 Å². The number of carbonyl (C=O) groups is 2. The number of rotatable bonds is 5. The highest BCUT2D eigenvalue weighted by atomic mass is 35.5. The molecule has 0 bridgehead atoms. The van der Waals surface area contributed by atoms with E-state index in [-0.39, 0.29) is 23.7 Å². The number of methoxy groups -OCH3 is 1. The Morgan fingerprint density at radius 2 is 2.08 bits per heavy atom. The van der Waals surface area contributed by atoms with Gasteiger partial charge in [0.05, 0.1) is 30.8 Å². The van der Waals surface area contributed by atoms with E-state index in [0.29, 0.717) is 11.4 Å². The van der Waals surface area contributed by atoms with Crippen LogP contribution in [0.3, 0.4) is 0 Å². The molecule has 2 aromatic carbocycles. The number of ether oxygens (including phenoxy) is 2. The van der Waals surface area contributed by atoms with Crippen LogP contribution in [0.1, 0.15) is 10.4 Å². The molecule has 1 aliphatic heterocycles. The number of cyclic esters (lactones) is 1. The number of nitrogens with zero attached hydrogens (tertiary/aromatic N) is 1. The minimum atomic E-state index is -0.710. The first kappa shape index (κ1) is 18.0. The Morgan fingerprint density at radius 1 is 1.35 bits per heavy atom. The highest BCUT2D eigenvalue weighted by Gasteiger charge is 2.32. The van der Waals surface area contributed by atoms with Gasteiger partial charge in [0.1, 0.15) is 17.7 Å². The molecule has 26 heavy (non-hydrogen) atoms. The van der Waals surface area contributed by atoms with Crippen LogP contribution in [0.4, 0.5) is 14.9 Å². The Labute approximate surface area is 154 Å².